The smallest absolute Gasteiger partial charge is 0.289 e. The number of ether oxygens (including phenoxy) is 2. The van der Waals surface area contributed by atoms with Crippen LogP contribution < -0.4 is 9.47 Å². The summed E-state index contributed by atoms with van der Waals surface area (Å²) in [5.74, 6) is 2.06. The Kier molecular flexibility index (Phi) is 5.22. The topological polar surface area (TPSA) is 51.9 Å². The molecule has 3 aromatic rings. The van der Waals surface area contributed by atoms with Crippen LogP contribution in [0.1, 0.15) is 40.1 Å². The number of benzene rings is 2. The number of hydrogen-bond donors (Lipinski definition) is 0. The lowest BCUT2D eigenvalue weighted by molar-refractivity contribution is 0.0567. The van der Waals surface area contributed by atoms with Gasteiger partial charge in [0, 0.05) is 36.9 Å². The van der Waals surface area contributed by atoms with Crippen molar-refractivity contribution in [1.29, 1.82) is 0 Å². The lowest BCUT2D eigenvalue weighted by atomic mass is 10.1. The van der Waals surface area contributed by atoms with Gasteiger partial charge in [-0.15, -0.1) is 0 Å². The lowest BCUT2D eigenvalue weighted by Gasteiger charge is -2.32. The van der Waals surface area contributed by atoms with Gasteiger partial charge in [0.2, 0.25) is 0 Å². The van der Waals surface area contributed by atoms with Gasteiger partial charge in [0.05, 0.1) is 7.11 Å². The maximum absolute atomic E-state index is 13.1. The predicted molar refractivity (Wildman–Crippen MR) is 113 cm³/mol. The van der Waals surface area contributed by atoms with E-state index in [1.165, 1.54) is 5.56 Å². The SMILES string of the molecule is COc1ccc2oc(C(=O)N3CCC(Oc4cc(C)ccc4C)CC3)c(C)c2c1. The first-order valence-electron chi connectivity index (χ1n) is 10.1. The Morgan fingerprint density at radius 2 is 1.83 bits per heavy atom. The Morgan fingerprint density at radius 1 is 1.07 bits per heavy atom. The summed E-state index contributed by atoms with van der Waals surface area (Å²) in [6.45, 7) is 7.38. The van der Waals surface area contributed by atoms with Gasteiger partial charge >= 0.3 is 0 Å². The molecule has 4 rings (SSSR count). The molecule has 1 saturated heterocycles. The van der Waals surface area contributed by atoms with Crippen molar-refractivity contribution in [2.24, 2.45) is 0 Å². The first kappa shape index (κ1) is 19.4. The van der Waals surface area contributed by atoms with E-state index < -0.39 is 0 Å². The number of likely N-dealkylation sites (tertiary alicyclic amines) is 1. The molecule has 0 unspecified atom stereocenters. The van der Waals surface area contributed by atoms with E-state index in [2.05, 4.69) is 32.0 Å². The molecule has 1 amide bonds. The summed E-state index contributed by atoms with van der Waals surface area (Å²) in [5, 5.41) is 0.917. The maximum Gasteiger partial charge on any atom is 0.289 e. The first-order chi connectivity index (χ1) is 14.0. The summed E-state index contributed by atoms with van der Waals surface area (Å²) in [7, 11) is 1.63. The highest BCUT2D eigenvalue weighted by Crippen LogP contribution is 2.30. The molecule has 2 heterocycles. The monoisotopic (exact) mass is 393 g/mol. The van der Waals surface area contributed by atoms with E-state index in [0.717, 1.165) is 40.9 Å². The van der Waals surface area contributed by atoms with Gasteiger partial charge in [0.25, 0.3) is 5.91 Å². The molecule has 1 aliphatic heterocycles. The lowest BCUT2D eigenvalue weighted by Crippen LogP contribution is -2.41. The van der Waals surface area contributed by atoms with Gasteiger partial charge in [0.1, 0.15) is 23.2 Å². The van der Waals surface area contributed by atoms with E-state index in [4.69, 9.17) is 13.9 Å². The first-order valence-corrected chi connectivity index (χ1v) is 10.1. The number of carbonyl (C=O) groups is 1. The molecular weight excluding hydrogens is 366 g/mol. The molecule has 0 atom stereocenters. The Balaban J connectivity index is 1.44. The van der Waals surface area contributed by atoms with Crippen molar-refractivity contribution in [1.82, 2.24) is 4.90 Å². The number of hydrogen-bond acceptors (Lipinski definition) is 4. The van der Waals surface area contributed by atoms with Crippen molar-refractivity contribution in [2.45, 2.75) is 39.7 Å². The quantitative estimate of drug-likeness (QED) is 0.622. The van der Waals surface area contributed by atoms with Crippen LogP contribution in [-0.2, 0) is 0 Å². The fraction of sp³-hybridized carbons (Fsp3) is 0.375. The third kappa shape index (κ3) is 3.82. The molecule has 0 N–H and O–H groups in total. The van der Waals surface area contributed by atoms with E-state index in [1.54, 1.807) is 7.11 Å². The number of methoxy groups -OCH3 is 1. The van der Waals surface area contributed by atoms with Crippen molar-refractivity contribution in [3.05, 3.63) is 58.8 Å². The van der Waals surface area contributed by atoms with Crippen LogP contribution in [0.15, 0.2) is 40.8 Å². The fourth-order valence-corrected chi connectivity index (χ4v) is 3.87. The zero-order valence-electron chi connectivity index (χ0n) is 17.5. The number of carbonyl (C=O) groups excluding carboxylic acids is 1. The van der Waals surface area contributed by atoms with Crippen molar-refractivity contribution < 1.29 is 18.7 Å². The molecule has 5 heteroatoms. The van der Waals surface area contributed by atoms with Crippen LogP contribution in [0.4, 0.5) is 0 Å². The van der Waals surface area contributed by atoms with Crippen LogP contribution in [0.5, 0.6) is 11.5 Å². The number of piperidine rings is 1. The largest absolute Gasteiger partial charge is 0.497 e. The average Bonchev–Trinajstić information content (AvgIpc) is 3.06. The molecule has 1 aliphatic rings. The molecule has 0 bridgehead atoms. The number of rotatable bonds is 4. The summed E-state index contributed by atoms with van der Waals surface area (Å²) in [6.07, 6.45) is 1.75. The third-order valence-electron chi connectivity index (χ3n) is 5.70. The Hall–Kier alpha value is -2.95. The van der Waals surface area contributed by atoms with Gasteiger partial charge in [-0.3, -0.25) is 4.79 Å². The van der Waals surface area contributed by atoms with Crippen molar-refractivity contribution >= 4 is 16.9 Å². The minimum atomic E-state index is -0.0529. The van der Waals surface area contributed by atoms with E-state index in [9.17, 15) is 4.79 Å². The molecule has 2 aromatic carbocycles. The van der Waals surface area contributed by atoms with Crippen LogP contribution in [0, 0.1) is 20.8 Å². The molecule has 0 spiro atoms. The van der Waals surface area contributed by atoms with E-state index in [0.29, 0.717) is 24.4 Å². The second-order valence-electron chi connectivity index (χ2n) is 7.80. The van der Waals surface area contributed by atoms with E-state index >= 15 is 0 Å². The minimum absolute atomic E-state index is 0.0529. The summed E-state index contributed by atoms with van der Waals surface area (Å²) in [5.41, 5.74) is 3.90. The molecule has 5 nitrogen and oxygen atoms in total. The molecule has 1 fully saturated rings. The van der Waals surface area contributed by atoms with Gasteiger partial charge in [-0.05, 0) is 56.2 Å². The zero-order chi connectivity index (χ0) is 20.5. The summed E-state index contributed by atoms with van der Waals surface area (Å²) in [6, 6.07) is 11.9. The minimum Gasteiger partial charge on any atom is -0.497 e. The predicted octanol–water partition coefficient (Wildman–Crippen LogP) is 5.05. The highest BCUT2D eigenvalue weighted by atomic mass is 16.5. The number of furan rings is 1. The summed E-state index contributed by atoms with van der Waals surface area (Å²) in [4.78, 5) is 14.9. The van der Waals surface area contributed by atoms with Crippen molar-refractivity contribution in [3.8, 4) is 11.5 Å². The van der Waals surface area contributed by atoms with E-state index in [1.807, 2.05) is 30.0 Å². The molecule has 0 radical (unpaired) electrons. The molecule has 152 valence electrons. The zero-order valence-corrected chi connectivity index (χ0v) is 17.5. The van der Waals surface area contributed by atoms with Crippen molar-refractivity contribution in [2.75, 3.05) is 20.2 Å². The summed E-state index contributed by atoms with van der Waals surface area (Å²) < 4.78 is 17.4. The van der Waals surface area contributed by atoms with Crippen LogP contribution in [0.3, 0.4) is 0 Å². The normalized spacial score (nSPS) is 15.0. The van der Waals surface area contributed by atoms with Gasteiger partial charge in [-0.1, -0.05) is 12.1 Å². The molecule has 0 aliphatic carbocycles. The highest BCUT2D eigenvalue weighted by Gasteiger charge is 2.28. The maximum atomic E-state index is 13.1. The van der Waals surface area contributed by atoms with Crippen LogP contribution in [0.2, 0.25) is 0 Å². The second-order valence-corrected chi connectivity index (χ2v) is 7.80. The molecule has 29 heavy (non-hydrogen) atoms. The molecule has 1 aromatic heterocycles. The van der Waals surface area contributed by atoms with Gasteiger partial charge in [-0.25, -0.2) is 0 Å². The molecular formula is C24H27NO4. The number of aryl methyl sites for hydroxylation is 3. The summed E-state index contributed by atoms with van der Waals surface area (Å²) >= 11 is 0. The average molecular weight is 393 g/mol. The van der Waals surface area contributed by atoms with Gasteiger partial charge < -0.3 is 18.8 Å². The van der Waals surface area contributed by atoms with Crippen LogP contribution in [0.25, 0.3) is 11.0 Å². The number of nitrogens with zero attached hydrogens (tertiary/aromatic N) is 1. The van der Waals surface area contributed by atoms with Crippen LogP contribution >= 0.6 is 0 Å². The van der Waals surface area contributed by atoms with Gasteiger partial charge in [0.15, 0.2) is 5.76 Å². The van der Waals surface area contributed by atoms with Crippen molar-refractivity contribution in [3.63, 3.8) is 0 Å². The van der Waals surface area contributed by atoms with Gasteiger partial charge in [-0.2, -0.15) is 0 Å². The number of fused-ring (bicyclic) bond motifs is 1. The highest BCUT2D eigenvalue weighted by molar-refractivity contribution is 5.99. The van der Waals surface area contributed by atoms with Crippen LogP contribution in [-0.4, -0.2) is 37.1 Å². The number of amides is 1. The standard InChI is InChI=1S/C24H27NO4/c1-15-5-6-16(2)22(13-15)28-18-9-11-25(12-10-18)24(26)23-17(3)20-14-19(27-4)7-8-21(20)29-23/h5-8,13-14,18H,9-12H2,1-4H3. The second kappa shape index (κ2) is 7.82. The Bertz CT molecular complexity index is 1040. The third-order valence-corrected chi connectivity index (χ3v) is 5.70. The Labute approximate surface area is 171 Å². The molecule has 0 saturated carbocycles. The fourth-order valence-electron chi connectivity index (χ4n) is 3.87. The Morgan fingerprint density at radius 3 is 2.55 bits per heavy atom. The van der Waals surface area contributed by atoms with E-state index in [-0.39, 0.29) is 12.0 Å².